The van der Waals surface area contributed by atoms with E-state index in [1.165, 1.54) is 23.1 Å². The second-order valence-corrected chi connectivity index (χ2v) is 9.05. The number of aromatic nitrogens is 4. The van der Waals surface area contributed by atoms with Crippen molar-refractivity contribution in [3.05, 3.63) is 51.4 Å². The predicted octanol–water partition coefficient (Wildman–Crippen LogP) is 3.03. The van der Waals surface area contributed by atoms with Crippen LogP contribution in [0.25, 0.3) is 5.69 Å². The summed E-state index contributed by atoms with van der Waals surface area (Å²) in [5.74, 6) is 0.789. The number of fused-ring (bicyclic) bond motifs is 1. The fraction of sp³-hybridized carbons (Fsp3) is 0.278. The van der Waals surface area contributed by atoms with E-state index in [0.717, 1.165) is 35.0 Å². The highest BCUT2D eigenvalue weighted by molar-refractivity contribution is 8.00. The molecule has 0 fully saturated rings. The molecule has 0 atom stereocenters. The number of rotatable bonds is 6. The van der Waals surface area contributed by atoms with Crippen LogP contribution in [0.2, 0.25) is 0 Å². The molecule has 2 aromatic heterocycles. The van der Waals surface area contributed by atoms with E-state index >= 15 is 0 Å². The molecule has 1 aliphatic heterocycles. The van der Waals surface area contributed by atoms with Crippen molar-refractivity contribution in [1.29, 1.82) is 0 Å². The average molecular weight is 432 g/mol. The lowest BCUT2D eigenvalue weighted by molar-refractivity contribution is -0.113. The number of para-hydroxylation sites is 1. The summed E-state index contributed by atoms with van der Waals surface area (Å²) >= 11 is 4.16. The Morgan fingerprint density at radius 2 is 2.11 bits per heavy atom. The zero-order chi connectivity index (χ0) is 19.5. The maximum absolute atomic E-state index is 13.0. The van der Waals surface area contributed by atoms with Crippen LogP contribution in [0, 0.1) is 0 Å². The Morgan fingerprint density at radius 1 is 1.29 bits per heavy atom. The number of aryl methyl sites for hydroxylation is 2. The second-order valence-electron chi connectivity index (χ2n) is 5.94. The van der Waals surface area contributed by atoms with Crippen LogP contribution < -0.4 is 10.9 Å². The van der Waals surface area contributed by atoms with Gasteiger partial charge in [-0.3, -0.25) is 19.5 Å². The van der Waals surface area contributed by atoms with Crippen molar-refractivity contribution in [3.8, 4) is 5.69 Å². The van der Waals surface area contributed by atoms with Gasteiger partial charge in [0, 0.05) is 12.2 Å². The lowest BCUT2D eigenvalue weighted by atomic mass is 10.3. The van der Waals surface area contributed by atoms with E-state index in [0.29, 0.717) is 15.2 Å². The first-order valence-electron chi connectivity index (χ1n) is 8.75. The molecule has 144 valence electrons. The Balaban J connectivity index is 1.58. The summed E-state index contributed by atoms with van der Waals surface area (Å²) in [5.41, 5.74) is 1.50. The second kappa shape index (κ2) is 8.46. The third kappa shape index (κ3) is 3.98. The van der Waals surface area contributed by atoms with E-state index in [1.54, 1.807) is 16.3 Å². The predicted molar refractivity (Wildman–Crippen MR) is 113 cm³/mol. The molecule has 1 N–H and O–H groups in total. The van der Waals surface area contributed by atoms with Crippen molar-refractivity contribution >= 4 is 45.9 Å². The molecule has 0 saturated carbocycles. The van der Waals surface area contributed by atoms with E-state index in [9.17, 15) is 9.59 Å². The van der Waals surface area contributed by atoms with Gasteiger partial charge in [-0.05, 0) is 18.6 Å². The largest absolute Gasteiger partial charge is 0.300 e. The lowest BCUT2D eigenvalue weighted by Gasteiger charge is -2.13. The van der Waals surface area contributed by atoms with Crippen molar-refractivity contribution in [2.24, 2.45) is 0 Å². The number of nitrogens with one attached hydrogen (secondary N) is 1. The van der Waals surface area contributed by atoms with Crippen LogP contribution in [0.5, 0.6) is 0 Å². The molecule has 7 nitrogen and oxygen atoms in total. The highest BCUT2D eigenvalue weighted by Gasteiger charge is 2.23. The van der Waals surface area contributed by atoms with E-state index < -0.39 is 0 Å². The molecule has 0 spiro atoms. The zero-order valence-electron chi connectivity index (χ0n) is 15.0. The van der Waals surface area contributed by atoms with Crippen LogP contribution in [-0.4, -0.2) is 37.2 Å². The van der Waals surface area contributed by atoms with Gasteiger partial charge >= 0.3 is 0 Å². The standard InChI is InChI=1S/C18H17N5O2S3/c1-2-14-21-22-17(28-14)20-13(24)10-27-18-19-12-8-9-26-15(12)16(25)23(18)11-6-4-3-5-7-11/h3-7H,2,8-10H2,1H3,(H,20,22,24). The Kier molecular flexibility index (Phi) is 5.79. The molecule has 0 aliphatic carbocycles. The first kappa shape index (κ1) is 19.2. The zero-order valence-corrected chi connectivity index (χ0v) is 17.5. The van der Waals surface area contributed by atoms with Gasteiger partial charge in [0.2, 0.25) is 11.0 Å². The molecule has 4 rings (SSSR count). The monoisotopic (exact) mass is 431 g/mol. The summed E-state index contributed by atoms with van der Waals surface area (Å²) in [6.45, 7) is 1.99. The quantitative estimate of drug-likeness (QED) is 0.474. The van der Waals surface area contributed by atoms with E-state index in [4.69, 9.17) is 0 Å². The van der Waals surface area contributed by atoms with Gasteiger partial charge in [0.25, 0.3) is 5.56 Å². The maximum atomic E-state index is 13.0. The van der Waals surface area contributed by atoms with Gasteiger partial charge in [0.05, 0.1) is 22.0 Å². The Hall–Kier alpha value is -2.17. The summed E-state index contributed by atoms with van der Waals surface area (Å²) in [7, 11) is 0. The average Bonchev–Trinajstić information content (AvgIpc) is 3.36. The highest BCUT2D eigenvalue weighted by atomic mass is 32.2. The number of amides is 1. The number of benzene rings is 1. The molecule has 1 aromatic carbocycles. The maximum Gasteiger partial charge on any atom is 0.272 e. The summed E-state index contributed by atoms with van der Waals surface area (Å²) in [6.07, 6.45) is 1.55. The van der Waals surface area contributed by atoms with Crippen molar-refractivity contribution in [3.63, 3.8) is 0 Å². The summed E-state index contributed by atoms with van der Waals surface area (Å²) in [5, 5.41) is 12.6. The van der Waals surface area contributed by atoms with Crippen LogP contribution >= 0.6 is 34.9 Å². The number of carbonyl (C=O) groups is 1. The van der Waals surface area contributed by atoms with Crippen LogP contribution in [0.1, 0.15) is 17.6 Å². The highest BCUT2D eigenvalue weighted by Crippen LogP contribution is 2.30. The van der Waals surface area contributed by atoms with Crippen LogP contribution in [0.3, 0.4) is 0 Å². The van der Waals surface area contributed by atoms with Crippen LogP contribution in [0.15, 0.2) is 45.2 Å². The minimum Gasteiger partial charge on any atom is -0.300 e. The molecule has 1 amide bonds. The molecular formula is C18H17N5O2S3. The third-order valence-electron chi connectivity index (χ3n) is 4.03. The number of hydrogen-bond donors (Lipinski definition) is 1. The third-order valence-corrected chi connectivity index (χ3v) is 7.06. The topological polar surface area (TPSA) is 89.8 Å². The van der Waals surface area contributed by atoms with Gasteiger partial charge in [-0.25, -0.2) is 4.98 Å². The SMILES string of the molecule is CCc1nnc(NC(=O)CSc2nc3c(c(=O)n2-c2ccccc2)SCC3)s1. The van der Waals surface area contributed by atoms with Crippen LogP contribution in [0.4, 0.5) is 5.13 Å². The molecule has 10 heteroatoms. The summed E-state index contributed by atoms with van der Waals surface area (Å²) in [4.78, 5) is 30.8. The Labute approximate surface area is 174 Å². The number of anilines is 1. The molecule has 1 aliphatic rings. The summed E-state index contributed by atoms with van der Waals surface area (Å²) < 4.78 is 1.59. The number of nitrogens with zero attached hydrogens (tertiary/aromatic N) is 4. The number of thioether (sulfide) groups is 2. The van der Waals surface area contributed by atoms with Gasteiger partial charge in [0.1, 0.15) is 5.01 Å². The van der Waals surface area contributed by atoms with Crippen molar-refractivity contribution in [2.45, 2.75) is 29.8 Å². The molecule has 0 bridgehead atoms. The normalized spacial score (nSPS) is 12.8. The van der Waals surface area contributed by atoms with Gasteiger partial charge < -0.3 is 0 Å². The first-order chi connectivity index (χ1) is 13.7. The molecule has 0 radical (unpaired) electrons. The molecule has 0 unspecified atom stereocenters. The molecule has 3 aromatic rings. The first-order valence-corrected chi connectivity index (χ1v) is 11.5. The minimum absolute atomic E-state index is 0.0710. The fourth-order valence-corrected chi connectivity index (χ4v) is 5.28. The number of hydrogen-bond acceptors (Lipinski definition) is 8. The van der Waals surface area contributed by atoms with Crippen LogP contribution in [-0.2, 0) is 17.6 Å². The molecule has 0 saturated heterocycles. The Bertz CT molecular complexity index is 1060. The van der Waals surface area contributed by atoms with E-state index in [-0.39, 0.29) is 17.2 Å². The van der Waals surface area contributed by atoms with E-state index in [2.05, 4.69) is 20.5 Å². The summed E-state index contributed by atoms with van der Waals surface area (Å²) in [6, 6.07) is 9.39. The smallest absolute Gasteiger partial charge is 0.272 e. The lowest BCUT2D eigenvalue weighted by Crippen LogP contribution is -2.24. The molecule has 28 heavy (non-hydrogen) atoms. The van der Waals surface area contributed by atoms with Gasteiger partial charge in [-0.1, -0.05) is 48.2 Å². The van der Waals surface area contributed by atoms with Gasteiger partial charge in [-0.15, -0.1) is 22.0 Å². The molecular weight excluding hydrogens is 414 g/mol. The number of carbonyl (C=O) groups excluding carboxylic acids is 1. The van der Waals surface area contributed by atoms with Crippen molar-refractivity contribution in [2.75, 3.05) is 16.8 Å². The Morgan fingerprint density at radius 3 is 2.86 bits per heavy atom. The van der Waals surface area contributed by atoms with E-state index in [1.807, 2.05) is 37.3 Å². The minimum atomic E-state index is -0.201. The van der Waals surface area contributed by atoms with Gasteiger partial charge in [0.15, 0.2) is 5.16 Å². The van der Waals surface area contributed by atoms with Crippen molar-refractivity contribution in [1.82, 2.24) is 19.7 Å². The fourth-order valence-electron chi connectivity index (χ4n) is 2.73. The van der Waals surface area contributed by atoms with Crippen molar-refractivity contribution < 1.29 is 4.79 Å². The van der Waals surface area contributed by atoms with Gasteiger partial charge in [-0.2, -0.15) is 0 Å². The molecule has 3 heterocycles.